The summed E-state index contributed by atoms with van der Waals surface area (Å²) in [6.07, 6.45) is 0. The van der Waals surface area contributed by atoms with Crippen LogP contribution in [-0.4, -0.2) is 12.5 Å². The Morgan fingerprint density at radius 3 is 2.48 bits per heavy atom. The van der Waals surface area contributed by atoms with E-state index in [1.54, 1.807) is 0 Å². The van der Waals surface area contributed by atoms with Crippen molar-refractivity contribution >= 4 is 11.6 Å². The minimum atomic E-state index is -0.988. The van der Waals surface area contributed by atoms with Gasteiger partial charge in [-0.1, -0.05) is 30.3 Å². The molecule has 2 N–H and O–H groups in total. The van der Waals surface area contributed by atoms with Gasteiger partial charge in [-0.25, -0.2) is 8.78 Å². The van der Waals surface area contributed by atoms with Crippen LogP contribution in [0.3, 0.4) is 0 Å². The number of carbonyl (C=O) groups excluding carboxylic acids is 1. The molecule has 1 unspecified atom stereocenters. The largest absolute Gasteiger partial charge is 0.325 e. The maximum Gasteiger partial charge on any atom is 0.238 e. The lowest BCUT2D eigenvalue weighted by atomic mass is 10.1. The molecule has 0 spiro atoms. The molecule has 0 aliphatic heterocycles. The van der Waals surface area contributed by atoms with Gasteiger partial charge in [0.1, 0.15) is 0 Å². The van der Waals surface area contributed by atoms with Gasteiger partial charge in [0.2, 0.25) is 5.91 Å². The van der Waals surface area contributed by atoms with Crippen LogP contribution in [0.4, 0.5) is 14.5 Å². The molecule has 2 aromatic carbocycles. The molecule has 1 atom stereocenters. The predicted molar refractivity (Wildman–Crippen MR) is 77.8 cm³/mol. The summed E-state index contributed by atoms with van der Waals surface area (Å²) < 4.78 is 25.8. The van der Waals surface area contributed by atoms with E-state index >= 15 is 0 Å². The molecular formula is C16H16F2N2O. The number of anilines is 1. The standard InChI is InChI=1S/C16H16F2N2O/c1-11(12-5-3-2-4-6-12)19-10-16(21)20-13-7-8-14(17)15(18)9-13/h2-9,11,19H,10H2,1H3,(H,20,21). The monoisotopic (exact) mass is 290 g/mol. The van der Waals surface area contributed by atoms with Crippen molar-refractivity contribution in [2.45, 2.75) is 13.0 Å². The highest BCUT2D eigenvalue weighted by Gasteiger charge is 2.09. The van der Waals surface area contributed by atoms with Crippen molar-refractivity contribution in [3.63, 3.8) is 0 Å². The number of hydrogen-bond acceptors (Lipinski definition) is 2. The van der Waals surface area contributed by atoms with Gasteiger partial charge in [0.25, 0.3) is 0 Å². The van der Waals surface area contributed by atoms with Gasteiger partial charge in [0, 0.05) is 17.8 Å². The first-order chi connectivity index (χ1) is 10.1. The quantitative estimate of drug-likeness (QED) is 0.887. The molecule has 0 radical (unpaired) electrons. The molecule has 2 aromatic rings. The van der Waals surface area contributed by atoms with E-state index in [1.807, 2.05) is 37.3 Å². The molecule has 0 bridgehead atoms. The number of halogens is 2. The van der Waals surface area contributed by atoms with Crippen molar-refractivity contribution in [1.82, 2.24) is 5.32 Å². The normalized spacial score (nSPS) is 12.0. The van der Waals surface area contributed by atoms with Crippen LogP contribution in [0.5, 0.6) is 0 Å². The molecule has 0 aromatic heterocycles. The Kier molecular flexibility index (Phi) is 5.00. The second kappa shape index (κ2) is 6.95. The van der Waals surface area contributed by atoms with E-state index in [0.29, 0.717) is 0 Å². The summed E-state index contributed by atoms with van der Waals surface area (Å²) in [5.41, 5.74) is 1.30. The number of rotatable bonds is 5. The Morgan fingerprint density at radius 1 is 1.10 bits per heavy atom. The van der Waals surface area contributed by atoms with Crippen LogP contribution in [-0.2, 0) is 4.79 Å². The van der Waals surface area contributed by atoms with Gasteiger partial charge in [0.05, 0.1) is 6.54 Å². The zero-order valence-corrected chi connectivity index (χ0v) is 11.6. The zero-order valence-electron chi connectivity index (χ0n) is 11.6. The van der Waals surface area contributed by atoms with Crippen LogP contribution >= 0.6 is 0 Å². The van der Waals surface area contributed by atoms with Crippen molar-refractivity contribution in [2.24, 2.45) is 0 Å². The Morgan fingerprint density at radius 2 is 1.81 bits per heavy atom. The fraction of sp³-hybridized carbons (Fsp3) is 0.188. The third kappa shape index (κ3) is 4.36. The Balaban J connectivity index is 1.86. The fourth-order valence-electron chi connectivity index (χ4n) is 1.88. The van der Waals surface area contributed by atoms with Crippen molar-refractivity contribution < 1.29 is 13.6 Å². The molecule has 0 saturated heterocycles. The number of benzene rings is 2. The van der Waals surface area contributed by atoms with Gasteiger partial charge in [-0.2, -0.15) is 0 Å². The average Bonchev–Trinajstić information content (AvgIpc) is 2.49. The summed E-state index contributed by atoms with van der Waals surface area (Å²) >= 11 is 0. The number of hydrogen-bond donors (Lipinski definition) is 2. The zero-order chi connectivity index (χ0) is 15.2. The maximum atomic E-state index is 13.0. The molecule has 110 valence electrons. The van der Waals surface area contributed by atoms with Crippen LogP contribution < -0.4 is 10.6 Å². The Bertz CT molecular complexity index is 617. The molecule has 3 nitrogen and oxygen atoms in total. The van der Waals surface area contributed by atoms with Gasteiger partial charge < -0.3 is 10.6 Å². The molecule has 0 saturated carbocycles. The maximum absolute atomic E-state index is 13.0. The lowest BCUT2D eigenvalue weighted by Crippen LogP contribution is -2.30. The molecule has 0 aliphatic rings. The summed E-state index contributed by atoms with van der Waals surface area (Å²) in [7, 11) is 0. The molecule has 1 amide bonds. The highest BCUT2D eigenvalue weighted by molar-refractivity contribution is 5.92. The van der Waals surface area contributed by atoms with Gasteiger partial charge >= 0.3 is 0 Å². The third-order valence-electron chi connectivity index (χ3n) is 3.07. The van der Waals surface area contributed by atoms with Crippen LogP contribution in [0.25, 0.3) is 0 Å². The van der Waals surface area contributed by atoms with Crippen LogP contribution in [0.2, 0.25) is 0 Å². The summed E-state index contributed by atoms with van der Waals surface area (Å²) in [4.78, 5) is 11.8. The summed E-state index contributed by atoms with van der Waals surface area (Å²) in [6, 6.07) is 13.0. The van der Waals surface area contributed by atoms with Crippen molar-refractivity contribution in [3.8, 4) is 0 Å². The molecule has 5 heteroatoms. The molecule has 0 heterocycles. The smallest absolute Gasteiger partial charge is 0.238 e. The van der Waals surface area contributed by atoms with E-state index in [2.05, 4.69) is 10.6 Å². The minimum absolute atomic E-state index is 0.0157. The number of amides is 1. The Labute approximate surface area is 122 Å². The van der Waals surface area contributed by atoms with E-state index in [9.17, 15) is 13.6 Å². The molecular weight excluding hydrogens is 274 g/mol. The van der Waals surface area contributed by atoms with Crippen molar-refractivity contribution in [1.29, 1.82) is 0 Å². The topological polar surface area (TPSA) is 41.1 Å². The fourth-order valence-corrected chi connectivity index (χ4v) is 1.88. The van der Waals surface area contributed by atoms with E-state index in [0.717, 1.165) is 17.7 Å². The SMILES string of the molecule is CC(NCC(=O)Nc1ccc(F)c(F)c1)c1ccccc1. The summed E-state index contributed by atoms with van der Waals surface area (Å²) in [5.74, 6) is -2.24. The molecule has 2 rings (SSSR count). The third-order valence-corrected chi connectivity index (χ3v) is 3.07. The first-order valence-electron chi connectivity index (χ1n) is 6.59. The highest BCUT2D eigenvalue weighted by Crippen LogP contribution is 2.13. The second-order valence-corrected chi connectivity index (χ2v) is 4.69. The minimum Gasteiger partial charge on any atom is -0.325 e. The van der Waals surface area contributed by atoms with Crippen LogP contribution in [0.1, 0.15) is 18.5 Å². The van der Waals surface area contributed by atoms with Crippen LogP contribution in [0, 0.1) is 11.6 Å². The van der Waals surface area contributed by atoms with Crippen LogP contribution in [0.15, 0.2) is 48.5 Å². The lowest BCUT2D eigenvalue weighted by molar-refractivity contribution is -0.115. The van der Waals surface area contributed by atoms with Gasteiger partial charge in [-0.3, -0.25) is 4.79 Å². The van der Waals surface area contributed by atoms with Gasteiger partial charge in [-0.05, 0) is 24.6 Å². The molecule has 0 fully saturated rings. The second-order valence-electron chi connectivity index (χ2n) is 4.69. The van der Waals surface area contributed by atoms with E-state index in [-0.39, 0.29) is 24.2 Å². The molecule has 21 heavy (non-hydrogen) atoms. The van der Waals surface area contributed by atoms with Crippen molar-refractivity contribution in [2.75, 3.05) is 11.9 Å². The van der Waals surface area contributed by atoms with E-state index in [1.165, 1.54) is 6.07 Å². The molecule has 0 aliphatic carbocycles. The first kappa shape index (κ1) is 15.1. The number of nitrogens with one attached hydrogen (secondary N) is 2. The van der Waals surface area contributed by atoms with E-state index < -0.39 is 11.6 Å². The van der Waals surface area contributed by atoms with Gasteiger partial charge in [-0.15, -0.1) is 0 Å². The number of carbonyl (C=O) groups is 1. The average molecular weight is 290 g/mol. The summed E-state index contributed by atoms with van der Waals surface area (Å²) in [6.45, 7) is 2.02. The lowest BCUT2D eigenvalue weighted by Gasteiger charge is -2.14. The predicted octanol–water partition coefficient (Wildman–Crippen LogP) is 3.25. The highest BCUT2D eigenvalue weighted by atomic mass is 19.2. The summed E-state index contributed by atoms with van der Waals surface area (Å²) in [5, 5.41) is 5.57. The van der Waals surface area contributed by atoms with E-state index in [4.69, 9.17) is 0 Å². The van der Waals surface area contributed by atoms with Crippen molar-refractivity contribution in [3.05, 3.63) is 65.7 Å². The first-order valence-corrected chi connectivity index (χ1v) is 6.59. The van der Waals surface area contributed by atoms with Gasteiger partial charge in [0.15, 0.2) is 11.6 Å². The Hall–Kier alpha value is -2.27.